The summed E-state index contributed by atoms with van der Waals surface area (Å²) in [6, 6.07) is 15.5. The molecule has 0 aliphatic rings. The number of carbonyl (C=O) groups excluding carboxylic acids is 1. The summed E-state index contributed by atoms with van der Waals surface area (Å²) < 4.78 is 9.65. The highest BCUT2D eigenvalue weighted by Crippen LogP contribution is 2.20. The van der Waals surface area contributed by atoms with E-state index in [9.17, 15) is 4.79 Å². The number of rotatable bonds is 7. The van der Waals surface area contributed by atoms with E-state index in [1.807, 2.05) is 68.0 Å². The molecule has 0 bridgehead atoms. The zero-order chi connectivity index (χ0) is 22.0. The van der Waals surface area contributed by atoms with Crippen LogP contribution in [0.15, 0.2) is 48.5 Å². The lowest BCUT2D eigenvalue weighted by molar-refractivity contribution is -0.118. The molecule has 0 saturated heterocycles. The van der Waals surface area contributed by atoms with Crippen molar-refractivity contribution in [1.29, 1.82) is 0 Å². The summed E-state index contributed by atoms with van der Waals surface area (Å²) in [4.78, 5) is 17.1. The maximum absolute atomic E-state index is 12.3. The summed E-state index contributed by atoms with van der Waals surface area (Å²) in [5.41, 5.74) is 5.90. The van der Waals surface area contributed by atoms with Crippen LogP contribution in [0.25, 0.3) is 11.0 Å². The average Bonchev–Trinajstić information content (AvgIpc) is 3.23. The second-order valence-electron chi connectivity index (χ2n) is 7.84. The fraction of sp³-hybridized carbons (Fsp3) is 0.292. The van der Waals surface area contributed by atoms with E-state index in [2.05, 4.69) is 28.0 Å². The first-order valence-electron chi connectivity index (χ1n) is 10.3. The SMILES string of the molecule is Cc1ccc(OCC(=O)Nc2ccc3c(c2)nc(CCn2nc(C)cc2C)n3C)cc1. The topological polar surface area (TPSA) is 74.0 Å². The van der Waals surface area contributed by atoms with Crippen molar-refractivity contribution in [3.8, 4) is 5.75 Å². The number of nitrogens with one attached hydrogen (secondary N) is 1. The molecule has 4 rings (SSSR count). The quantitative estimate of drug-likeness (QED) is 0.494. The highest BCUT2D eigenvalue weighted by Gasteiger charge is 2.11. The minimum Gasteiger partial charge on any atom is -0.484 e. The van der Waals surface area contributed by atoms with Crippen LogP contribution in [0.1, 0.15) is 22.8 Å². The maximum atomic E-state index is 12.3. The second-order valence-corrected chi connectivity index (χ2v) is 7.84. The van der Waals surface area contributed by atoms with E-state index < -0.39 is 0 Å². The number of anilines is 1. The Labute approximate surface area is 181 Å². The van der Waals surface area contributed by atoms with Crippen LogP contribution in [0, 0.1) is 20.8 Å². The van der Waals surface area contributed by atoms with Gasteiger partial charge in [-0.2, -0.15) is 5.10 Å². The largest absolute Gasteiger partial charge is 0.484 e. The summed E-state index contributed by atoms with van der Waals surface area (Å²) in [6.07, 6.45) is 0.777. The average molecular weight is 418 g/mol. The molecular formula is C24H27N5O2. The molecule has 0 unspecified atom stereocenters. The molecule has 7 heteroatoms. The molecule has 0 aliphatic heterocycles. The van der Waals surface area contributed by atoms with Gasteiger partial charge in [-0.3, -0.25) is 9.48 Å². The van der Waals surface area contributed by atoms with E-state index >= 15 is 0 Å². The third kappa shape index (κ3) is 4.77. The second kappa shape index (κ2) is 8.63. The predicted molar refractivity (Wildman–Crippen MR) is 121 cm³/mol. The molecule has 1 amide bonds. The molecule has 31 heavy (non-hydrogen) atoms. The fourth-order valence-corrected chi connectivity index (χ4v) is 3.64. The Morgan fingerprint density at radius 1 is 1.06 bits per heavy atom. The molecule has 2 heterocycles. The van der Waals surface area contributed by atoms with Gasteiger partial charge in [-0.1, -0.05) is 17.7 Å². The van der Waals surface area contributed by atoms with Crippen LogP contribution in [0.4, 0.5) is 5.69 Å². The number of aromatic nitrogens is 4. The molecule has 0 fully saturated rings. The minimum absolute atomic E-state index is 0.0444. The number of amides is 1. The first-order chi connectivity index (χ1) is 14.9. The zero-order valence-corrected chi connectivity index (χ0v) is 18.3. The lowest BCUT2D eigenvalue weighted by Gasteiger charge is -2.08. The van der Waals surface area contributed by atoms with Gasteiger partial charge >= 0.3 is 0 Å². The first-order valence-corrected chi connectivity index (χ1v) is 10.3. The molecule has 2 aromatic heterocycles. The lowest BCUT2D eigenvalue weighted by atomic mass is 10.2. The van der Waals surface area contributed by atoms with Crippen molar-refractivity contribution >= 4 is 22.6 Å². The van der Waals surface area contributed by atoms with Crippen molar-refractivity contribution < 1.29 is 9.53 Å². The van der Waals surface area contributed by atoms with Crippen molar-refractivity contribution in [1.82, 2.24) is 19.3 Å². The Balaban J connectivity index is 1.41. The molecule has 0 saturated carbocycles. The first kappa shape index (κ1) is 20.7. The number of aryl methyl sites for hydroxylation is 6. The van der Waals surface area contributed by atoms with Gasteiger partial charge in [-0.25, -0.2) is 4.98 Å². The molecule has 7 nitrogen and oxygen atoms in total. The van der Waals surface area contributed by atoms with E-state index in [0.717, 1.165) is 46.8 Å². The van der Waals surface area contributed by atoms with Crippen LogP contribution in [-0.4, -0.2) is 31.8 Å². The van der Waals surface area contributed by atoms with Gasteiger partial charge in [-0.05, 0) is 57.2 Å². The van der Waals surface area contributed by atoms with Crippen molar-refractivity contribution in [2.75, 3.05) is 11.9 Å². The van der Waals surface area contributed by atoms with Crippen LogP contribution in [0.2, 0.25) is 0 Å². The lowest BCUT2D eigenvalue weighted by Crippen LogP contribution is -2.20. The monoisotopic (exact) mass is 417 g/mol. The smallest absolute Gasteiger partial charge is 0.262 e. The molecule has 4 aromatic rings. The molecule has 2 aromatic carbocycles. The summed E-state index contributed by atoms with van der Waals surface area (Å²) in [5, 5.41) is 7.40. The molecule has 0 atom stereocenters. The molecule has 0 aliphatic carbocycles. The number of hydrogen-bond donors (Lipinski definition) is 1. The molecular weight excluding hydrogens is 390 g/mol. The van der Waals surface area contributed by atoms with Crippen LogP contribution < -0.4 is 10.1 Å². The Hall–Kier alpha value is -3.61. The molecule has 0 spiro atoms. The van der Waals surface area contributed by atoms with Crippen LogP contribution >= 0.6 is 0 Å². The van der Waals surface area contributed by atoms with Crippen LogP contribution in [-0.2, 0) is 24.8 Å². The highest BCUT2D eigenvalue weighted by molar-refractivity contribution is 5.94. The van der Waals surface area contributed by atoms with Crippen LogP contribution in [0.3, 0.4) is 0 Å². The van der Waals surface area contributed by atoms with Gasteiger partial charge in [0, 0.05) is 31.4 Å². The van der Waals surface area contributed by atoms with Crippen molar-refractivity contribution in [2.45, 2.75) is 33.7 Å². The van der Waals surface area contributed by atoms with Gasteiger partial charge in [0.15, 0.2) is 6.61 Å². The van der Waals surface area contributed by atoms with Crippen molar-refractivity contribution in [3.05, 3.63) is 71.3 Å². The summed E-state index contributed by atoms with van der Waals surface area (Å²) in [7, 11) is 2.01. The maximum Gasteiger partial charge on any atom is 0.262 e. The number of imidazole rings is 1. The third-order valence-corrected chi connectivity index (χ3v) is 5.30. The van der Waals surface area contributed by atoms with Crippen molar-refractivity contribution in [3.63, 3.8) is 0 Å². The van der Waals surface area contributed by atoms with Crippen LogP contribution in [0.5, 0.6) is 5.75 Å². The minimum atomic E-state index is -0.208. The van der Waals surface area contributed by atoms with Gasteiger partial charge in [-0.15, -0.1) is 0 Å². The predicted octanol–water partition coefficient (Wildman–Crippen LogP) is 3.96. The number of benzene rings is 2. The van der Waals surface area contributed by atoms with Gasteiger partial charge in [0.25, 0.3) is 5.91 Å². The number of carbonyl (C=O) groups is 1. The highest BCUT2D eigenvalue weighted by atomic mass is 16.5. The Morgan fingerprint density at radius 3 is 2.55 bits per heavy atom. The van der Waals surface area contributed by atoms with E-state index in [0.29, 0.717) is 11.4 Å². The third-order valence-electron chi connectivity index (χ3n) is 5.30. The zero-order valence-electron chi connectivity index (χ0n) is 18.3. The fourth-order valence-electron chi connectivity index (χ4n) is 3.64. The normalized spacial score (nSPS) is 11.1. The van der Waals surface area contributed by atoms with E-state index in [-0.39, 0.29) is 12.5 Å². The standard InChI is InChI=1S/C24H27N5O2/c1-16-5-8-20(9-6-16)31-15-24(30)25-19-7-10-22-21(14-19)26-23(28(22)4)11-12-29-18(3)13-17(2)27-29/h5-10,13-14H,11-12,15H2,1-4H3,(H,25,30). The number of nitrogens with zero attached hydrogens (tertiary/aromatic N) is 4. The van der Waals surface area contributed by atoms with Gasteiger partial charge in [0.2, 0.25) is 0 Å². The Bertz CT molecular complexity index is 1220. The van der Waals surface area contributed by atoms with Gasteiger partial charge < -0.3 is 14.6 Å². The van der Waals surface area contributed by atoms with E-state index in [1.54, 1.807) is 0 Å². The van der Waals surface area contributed by atoms with Gasteiger partial charge in [0.1, 0.15) is 11.6 Å². The molecule has 1 N–H and O–H groups in total. The van der Waals surface area contributed by atoms with Crippen molar-refractivity contribution in [2.24, 2.45) is 7.05 Å². The van der Waals surface area contributed by atoms with E-state index in [1.165, 1.54) is 0 Å². The molecule has 0 radical (unpaired) electrons. The number of ether oxygens (including phenoxy) is 1. The Morgan fingerprint density at radius 2 is 1.84 bits per heavy atom. The Kier molecular flexibility index (Phi) is 5.75. The summed E-state index contributed by atoms with van der Waals surface area (Å²) in [5.74, 6) is 1.45. The summed E-state index contributed by atoms with van der Waals surface area (Å²) >= 11 is 0. The van der Waals surface area contributed by atoms with E-state index in [4.69, 9.17) is 9.72 Å². The number of hydrogen-bond acceptors (Lipinski definition) is 4. The van der Waals surface area contributed by atoms with Gasteiger partial charge in [0.05, 0.1) is 16.7 Å². The molecule has 160 valence electrons. The number of fused-ring (bicyclic) bond motifs is 1. The summed E-state index contributed by atoms with van der Waals surface area (Å²) in [6.45, 7) is 6.80.